The number of thioether (sulfide) groups is 1. The van der Waals surface area contributed by atoms with Crippen molar-refractivity contribution >= 4 is 45.6 Å². The third-order valence-electron chi connectivity index (χ3n) is 9.49. The van der Waals surface area contributed by atoms with Crippen molar-refractivity contribution in [1.82, 2.24) is 24.1 Å². The van der Waals surface area contributed by atoms with Crippen molar-refractivity contribution < 1.29 is 18.7 Å². The molecule has 4 aromatic heterocycles. The number of nitrogens with zero attached hydrogens (tertiary/aromatic N) is 5. The molecule has 2 N–H and O–H groups in total. The van der Waals surface area contributed by atoms with Crippen LogP contribution in [0.3, 0.4) is 0 Å². The Morgan fingerprint density at radius 3 is 2.38 bits per heavy atom. The van der Waals surface area contributed by atoms with Gasteiger partial charge in [-0.25, -0.2) is 4.68 Å². The van der Waals surface area contributed by atoms with Crippen LogP contribution in [0.4, 0.5) is 10.7 Å². The zero-order valence-electron chi connectivity index (χ0n) is 30.2. The zero-order chi connectivity index (χ0) is 37.9. The maximum atomic E-state index is 14.1. The van der Waals surface area contributed by atoms with Crippen LogP contribution in [-0.4, -0.2) is 41.7 Å². The third kappa shape index (κ3) is 7.38. The van der Waals surface area contributed by atoms with E-state index < -0.39 is 5.91 Å². The number of para-hydroxylation sites is 1. The summed E-state index contributed by atoms with van der Waals surface area (Å²) in [5, 5.41) is 15.7. The van der Waals surface area contributed by atoms with Crippen LogP contribution < -0.4 is 20.9 Å². The fraction of sp³-hybridized carbons (Fsp3) is 0.195. The molecule has 8 rings (SSSR count). The molecule has 0 saturated heterocycles. The van der Waals surface area contributed by atoms with Gasteiger partial charge in [0.15, 0.2) is 10.9 Å². The fourth-order valence-electron chi connectivity index (χ4n) is 6.67. The first-order valence-corrected chi connectivity index (χ1v) is 19.6. The largest absolute Gasteiger partial charge is 0.489 e. The first-order valence-electron chi connectivity index (χ1n) is 17.8. The van der Waals surface area contributed by atoms with E-state index in [9.17, 15) is 14.4 Å². The Bertz CT molecular complexity index is 2520. The van der Waals surface area contributed by atoms with E-state index in [1.54, 1.807) is 37.0 Å². The Hall–Kier alpha value is -6.12. The molecule has 14 heteroatoms. The molecule has 12 nitrogen and oxygen atoms in total. The molecular formula is C41H37N7O5S2. The highest BCUT2D eigenvalue weighted by Gasteiger charge is 2.29. The molecule has 0 saturated carbocycles. The summed E-state index contributed by atoms with van der Waals surface area (Å²) in [7, 11) is 1.78. The molecule has 0 atom stereocenters. The van der Waals surface area contributed by atoms with Crippen LogP contribution in [0, 0.1) is 6.92 Å². The molecule has 55 heavy (non-hydrogen) atoms. The number of anilines is 2. The number of nitrogens with one attached hydrogen (secondary N) is 2. The van der Waals surface area contributed by atoms with Crippen LogP contribution in [-0.2, 0) is 31.3 Å². The Labute approximate surface area is 324 Å². The molecule has 1 aliphatic rings. The van der Waals surface area contributed by atoms with E-state index in [4.69, 9.17) is 9.15 Å². The fourth-order valence-corrected chi connectivity index (χ4v) is 8.72. The lowest BCUT2D eigenvalue weighted by molar-refractivity contribution is -0.113. The molecule has 278 valence electrons. The number of thiophene rings is 1. The lowest BCUT2D eigenvalue weighted by atomic mass is 9.95. The van der Waals surface area contributed by atoms with Gasteiger partial charge in [-0.15, -0.1) is 21.5 Å². The SMILES string of the molecule is Cc1c(NC(=O)c2c(NC(=O)CSc3nnc(-c4ccco4)n3-c3ccc(OCc4ccccc4)cc3)sc3c2CCCC3)c(=O)n(-c2ccccc2)n1C. The molecule has 0 bridgehead atoms. The first kappa shape index (κ1) is 35.9. The quantitative estimate of drug-likeness (QED) is 0.120. The molecule has 0 spiro atoms. The summed E-state index contributed by atoms with van der Waals surface area (Å²) in [4.78, 5) is 42.4. The number of furan rings is 1. The molecular weight excluding hydrogens is 735 g/mol. The van der Waals surface area contributed by atoms with E-state index in [-0.39, 0.29) is 22.9 Å². The summed E-state index contributed by atoms with van der Waals surface area (Å²) >= 11 is 2.64. The van der Waals surface area contributed by atoms with Gasteiger partial charge in [0.25, 0.3) is 11.5 Å². The van der Waals surface area contributed by atoms with Gasteiger partial charge in [0.1, 0.15) is 23.0 Å². The van der Waals surface area contributed by atoms with Gasteiger partial charge in [-0.05, 0) is 92.3 Å². The molecule has 7 aromatic rings. The highest BCUT2D eigenvalue weighted by molar-refractivity contribution is 7.99. The number of hydrogen-bond donors (Lipinski definition) is 2. The molecule has 0 fully saturated rings. The van der Waals surface area contributed by atoms with Crippen molar-refractivity contribution in [2.75, 3.05) is 16.4 Å². The molecule has 4 heterocycles. The minimum Gasteiger partial charge on any atom is -0.489 e. The van der Waals surface area contributed by atoms with Crippen molar-refractivity contribution in [3.8, 4) is 28.7 Å². The van der Waals surface area contributed by atoms with E-state index in [1.807, 2.05) is 89.5 Å². The Morgan fingerprint density at radius 2 is 1.64 bits per heavy atom. The van der Waals surface area contributed by atoms with Gasteiger partial charge in [-0.3, -0.25) is 23.6 Å². The number of ether oxygens (including phenoxy) is 1. The van der Waals surface area contributed by atoms with Gasteiger partial charge in [-0.2, -0.15) is 0 Å². The molecule has 2 amide bonds. The molecule has 0 radical (unpaired) electrons. The molecule has 0 unspecified atom stereocenters. The van der Waals surface area contributed by atoms with Crippen molar-refractivity contribution in [2.45, 2.75) is 44.4 Å². The zero-order valence-corrected chi connectivity index (χ0v) is 31.8. The number of benzene rings is 3. The maximum Gasteiger partial charge on any atom is 0.295 e. The lowest BCUT2D eigenvalue weighted by Crippen LogP contribution is -2.24. The average molecular weight is 772 g/mol. The number of hydrogen-bond acceptors (Lipinski definition) is 9. The summed E-state index contributed by atoms with van der Waals surface area (Å²) in [5.41, 5.74) is 4.32. The van der Waals surface area contributed by atoms with Gasteiger partial charge < -0.3 is 19.8 Å². The number of aromatic nitrogens is 5. The standard InChI is InChI=1S/C41H37N7O5S2/c1-26-36(40(51)48(46(26)2)29-14-7-4-8-15-29)43-38(50)35-31-16-9-10-18-33(31)55-39(35)42-34(49)25-54-41-45-44-37(32-17-11-23-52-32)47(41)28-19-21-30(22-20-28)53-24-27-12-5-3-6-13-27/h3-8,11-15,17,19-23H,9-10,16,18,24-25H2,1-2H3,(H,42,49)(H,43,50). The van der Waals surface area contributed by atoms with E-state index in [1.165, 1.54) is 27.8 Å². The summed E-state index contributed by atoms with van der Waals surface area (Å²) in [6, 6.07) is 30.4. The second-order valence-corrected chi connectivity index (χ2v) is 15.1. The number of amides is 2. The van der Waals surface area contributed by atoms with E-state index in [0.717, 1.165) is 47.4 Å². The number of rotatable bonds is 12. The van der Waals surface area contributed by atoms with Crippen molar-refractivity contribution in [1.29, 1.82) is 0 Å². The van der Waals surface area contributed by atoms with Crippen LogP contribution in [0.25, 0.3) is 23.0 Å². The Morgan fingerprint density at radius 1 is 0.891 bits per heavy atom. The van der Waals surface area contributed by atoms with Gasteiger partial charge in [-0.1, -0.05) is 60.3 Å². The van der Waals surface area contributed by atoms with Gasteiger partial charge in [0.2, 0.25) is 11.7 Å². The normalized spacial score (nSPS) is 12.3. The van der Waals surface area contributed by atoms with Gasteiger partial charge >= 0.3 is 0 Å². The summed E-state index contributed by atoms with van der Waals surface area (Å²) in [6.45, 7) is 2.24. The van der Waals surface area contributed by atoms with Gasteiger partial charge in [0, 0.05) is 11.9 Å². The second kappa shape index (κ2) is 15.7. The van der Waals surface area contributed by atoms with E-state index in [2.05, 4.69) is 20.8 Å². The Kier molecular flexibility index (Phi) is 10.2. The summed E-state index contributed by atoms with van der Waals surface area (Å²) < 4.78 is 16.8. The number of aryl methyl sites for hydroxylation is 1. The monoisotopic (exact) mass is 771 g/mol. The molecule has 0 aliphatic heterocycles. The topological polar surface area (TPSA) is 138 Å². The van der Waals surface area contributed by atoms with Crippen LogP contribution in [0.5, 0.6) is 5.75 Å². The van der Waals surface area contributed by atoms with Crippen molar-refractivity contribution in [3.05, 3.63) is 141 Å². The van der Waals surface area contributed by atoms with Gasteiger partial charge in [0.05, 0.1) is 34.6 Å². The van der Waals surface area contributed by atoms with E-state index in [0.29, 0.717) is 51.0 Å². The number of carbonyl (C=O) groups is 2. The first-order chi connectivity index (χ1) is 26.9. The third-order valence-corrected chi connectivity index (χ3v) is 11.6. The van der Waals surface area contributed by atoms with Crippen LogP contribution in [0.1, 0.15) is 44.9 Å². The highest BCUT2D eigenvalue weighted by atomic mass is 32.2. The maximum absolute atomic E-state index is 14.1. The van der Waals surface area contributed by atoms with Crippen molar-refractivity contribution in [2.24, 2.45) is 7.05 Å². The predicted octanol–water partition coefficient (Wildman–Crippen LogP) is 7.83. The predicted molar refractivity (Wildman–Crippen MR) is 214 cm³/mol. The number of carbonyl (C=O) groups excluding carboxylic acids is 2. The lowest BCUT2D eigenvalue weighted by Gasteiger charge is -2.13. The second-order valence-electron chi connectivity index (χ2n) is 13.0. The van der Waals surface area contributed by atoms with Crippen LogP contribution >= 0.6 is 23.1 Å². The minimum atomic E-state index is -0.424. The number of fused-ring (bicyclic) bond motifs is 1. The van der Waals surface area contributed by atoms with Crippen LogP contribution in [0.2, 0.25) is 0 Å². The van der Waals surface area contributed by atoms with Crippen LogP contribution in [0.15, 0.2) is 118 Å². The Balaban J connectivity index is 1.01. The summed E-state index contributed by atoms with van der Waals surface area (Å²) in [5.74, 6) is 0.982. The molecule has 3 aromatic carbocycles. The minimum absolute atomic E-state index is 0.00222. The van der Waals surface area contributed by atoms with E-state index >= 15 is 0 Å². The average Bonchev–Trinajstić information content (AvgIpc) is 4.01. The molecule has 1 aliphatic carbocycles. The highest BCUT2D eigenvalue weighted by Crippen LogP contribution is 2.39. The smallest absolute Gasteiger partial charge is 0.295 e. The van der Waals surface area contributed by atoms with Crippen molar-refractivity contribution in [3.63, 3.8) is 0 Å². The summed E-state index contributed by atoms with van der Waals surface area (Å²) in [6.07, 6.45) is 5.06.